The van der Waals surface area contributed by atoms with Gasteiger partial charge < -0.3 is 4.90 Å². The summed E-state index contributed by atoms with van der Waals surface area (Å²) in [5, 5.41) is 0. The van der Waals surface area contributed by atoms with E-state index in [0.717, 1.165) is 34.9 Å². The molecule has 0 saturated heterocycles. The van der Waals surface area contributed by atoms with E-state index in [1.165, 1.54) is 18.2 Å². The minimum atomic E-state index is -3.84. The first-order chi connectivity index (χ1) is 14.3. The highest BCUT2D eigenvalue weighted by atomic mass is 32.2. The van der Waals surface area contributed by atoms with Crippen molar-refractivity contribution in [3.8, 4) is 0 Å². The molecule has 0 radical (unpaired) electrons. The normalized spacial score (nSPS) is 13.3. The van der Waals surface area contributed by atoms with Crippen LogP contribution in [0, 0.1) is 12.7 Å². The number of benzene rings is 3. The zero-order valence-corrected chi connectivity index (χ0v) is 17.2. The predicted octanol–water partition coefficient (Wildman–Crippen LogP) is 3.82. The fraction of sp³-hybridized carbons (Fsp3) is 0.174. The topological polar surface area (TPSA) is 66.5 Å². The van der Waals surface area contributed by atoms with E-state index in [-0.39, 0.29) is 17.3 Å². The first-order valence-electron chi connectivity index (χ1n) is 9.59. The van der Waals surface area contributed by atoms with E-state index in [1.54, 1.807) is 11.0 Å². The molecule has 0 bridgehead atoms. The van der Waals surface area contributed by atoms with Crippen molar-refractivity contribution in [1.29, 1.82) is 0 Å². The molecule has 1 amide bonds. The Hall–Kier alpha value is -3.03. The van der Waals surface area contributed by atoms with Gasteiger partial charge in [0.1, 0.15) is 5.82 Å². The number of carbonyl (C=O) groups excluding carboxylic acids is 1. The Morgan fingerprint density at radius 2 is 1.87 bits per heavy atom. The lowest BCUT2D eigenvalue weighted by atomic mass is 10.1. The summed E-state index contributed by atoms with van der Waals surface area (Å²) in [7, 11) is -3.84. The summed E-state index contributed by atoms with van der Waals surface area (Å²) in [6, 6.07) is 17.9. The molecule has 4 rings (SSSR count). The van der Waals surface area contributed by atoms with Gasteiger partial charge in [-0.3, -0.25) is 4.79 Å². The molecule has 1 heterocycles. The number of nitrogens with one attached hydrogen (secondary N) is 1. The number of aryl methyl sites for hydroxylation is 1. The van der Waals surface area contributed by atoms with Crippen molar-refractivity contribution >= 4 is 21.6 Å². The van der Waals surface area contributed by atoms with Gasteiger partial charge in [0.25, 0.3) is 5.91 Å². The van der Waals surface area contributed by atoms with Gasteiger partial charge in [-0.1, -0.05) is 35.9 Å². The zero-order chi connectivity index (χ0) is 21.3. The standard InChI is InChI=1S/C23H21FN2O3S/c1-16-4-2-5-19(12-16)23(27)26-11-10-18-9-8-17(13-22(18)26)15-25-30(28,29)21-7-3-6-20(24)14-21/h2-9,12-14,25H,10-11,15H2,1H3. The fourth-order valence-electron chi connectivity index (χ4n) is 3.58. The van der Waals surface area contributed by atoms with Gasteiger partial charge in [-0.05, 0) is 60.9 Å². The molecule has 1 aliphatic rings. The van der Waals surface area contributed by atoms with Crippen LogP contribution in [0.3, 0.4) is 0 Å². The SMILES string of the molecule is Cc1cccc(C(=O)N2CCc3ccc(CNS(=O)(=O)c4cccc(F)c4)cc32)c1. The third-order valence-electron chi connectivity index (χ3n) is 5.13. The Bertz CT molecular complexity index is 1220. The van der Waals surface area contributed by atoms with Gasteiger partial charge in [-0.25, -0.2) is 17.5 Å². The summed E-state index contributed by atoms with van der Waals surface area (Å²) < 4.78 is 40.7. The first kappa shape index (κ1) is 20.3. The minimum Gasteiger partial charge on any atom is -0.308 e. The number of rotatable bonds is 5. The van der Waals surface area contributed by atoms with Crippen molar-refractivity contribution in [1.82, 2.24) is 4.72 Å². The summed E-state index contributed by atoms with van der Waals surface area (Å²) in [5.41, 5.74) is 4.20. The number of sulfonamides is 1. The Morgan fingerprint density at radius 1 is 1.07 bits per heavy atom. The van der Waals surface area contributed by atoms with Crippen molar-refractivity contribution in [2.75, 3.05) is 11.4 Å². The number of carbonyl (C=O) groups is 1. The highest BCUT2D eigenvalue weighted by Gasteiger charge is 2.26. The monoisotopic (exact) mass is 424 g/mol. The molecule has 0 spiro atoms. The Balaban J connectivity index is 1.54. The number of nitrogens with zero attached hydrogens (tertiary/aromatic N) is 1. The summed E-state index contributed by atoms with van der Waals surface area (Å²) >= 11 is 0. The molecule has 0 fully saturated rings. The van der Waals surface area contributed by atoms with E-state index >= 15 is 0 Å². The molecule has 0 aliphatic carbocycles. The number of hydrogen-bond donors (Lipinski definition) is 1. The summed E-state index contributed by atoms with van der Waals surface area (Å²) in [6.07, 6.45) is 0.752. The van der Waals surface area contributed by atoms with Gasteiger partial charge in [0.05, 0.1) is 4.90 Å². The van der Waals surface area contributed by atoms with E-state index in [9.17, 15) is 17.6 Å². The summed E-state index contributed by atoms with van der Waals surface area (Å²) in [4.78, 5) is 14.6. The number of amides is 1. The van der Waals surface area contributed by atoms with Crippen molar-refractivity contribution < 1.29 is 17.6 Å². The molecular formula is C23H21FN2O3S. The molecule has 7 heteroatoms. The number of fused-ring (bicyclic) bond motifs is 1. The number of halogens is 1. The van der Waals surface area contributed by atoms with Crippen LogP contribution in [-0.2, 0) is 23.0 Å². The third kappa shape index (κ3) is 4.13. The van der Waals surface area contributed by atoms with Crippen LogP contribution >= 0.6 is 0 Å². The fourth-order valence-corrected chi connectivity index (χ4v) is 4.62. The van der Waals surface area contributed by atoms with E-state index in [1.807, 2.05) is 43.3 Å². The molecule has 1 aliphatic heterocycles. The molecule has 0 saturated carbocycles. The molecule has 0 atom stereocenters. The highest BCUT2D eigenvalue weighted by molar-refractivity contribution is 7.89. The van der Waals surface area contributed by atoms with Gasteiger partial charge in [0, 0.05) is 24.3 Å². The van der Waals surface area contributed by atoms with E-state index < -0.39 is 15.8 Å². The Morgan fingerprint density at radius 3 is 2.63 bits per heavy atom. The largest absolute Gasteiger partial charge is 0.308 e. The Kier molecular flexibility index (Phi) is 5.40. The third-order valence-corrected chi connectivity index (χ3v) is 6.53. The first-order valence-corrected chi connectivity index (χ1v) is 11.1. The quantitative estimate of drug-likeness (QED) is 0.677. The molecule has 154 valence electrons. The van der Waals surface area contributed by atoms with Gasteiger partial charge in [-0.2, -0.15) is 0 Å². The lowest BCUT2D eigenvalue weighted by Gasteiger charge is -2.18. The molecule has 5 nitrogen and oxygen atoms in total. The molecule has 3 aromatic rings. The van der Waals surface area contributed by atoms with Gasteiger partial charge in [0.2, 0.25) is 10.0 Å². The van der Waals surface area contributed by atoms with Crippen LogP contribution in [-0.4, -0.2) is 20.9 Å². The number of anilines is 1. The van der Waals surface area contributed by atoms with Crippen LogP contribution in [0.25, 0.3) is 0 Å². The maximum atomic E-state index is 13.4. The molecule has 3 aromatic carbocycles. The zero-order valence-electron chi connectivity index (χ0n) is 16.4. The molecule has 1 N–H and O–H groups in total. The van der Waals surface area contributed by atoms with Gasteiger partial charge >= 0.3 is 0 Å². The lowest BCUT2D eigenvalue weighted by Crippen LogP contribution is -2.29. The van der Waals surface area contributed by atoms with Crippen LogP contribution < -0.4 is 9.62 Å². The minimum absolute atomic E-state index is 0.0403. The van der Waals surface area contributed by atoms with Crippen molar-refractivity contribution in [2.45, 2.75) is 24.8 Å². The van der Waals surface area contributed by atoms with Crippen molar-refractivity contribution in [3.05, 3.63) is 94.8 Å². The van der Waals surface area contributed by atoms with Crippen LogP contribution in [0.2, 0.25) is 0 Å². The van der Waals surface area contributed by atoms with Crippen LogP contribution in [0.4, 0.5) is 10.1 Å². The van der Waals surface area contributed by atoms with Crippen LogP contribution in [0.5, 0.6) is 0 Å². The molecule has 0 aromatic heterocycles. The van der Waals surface area contributed by atoms with Crippen molar-refractivity contribution in [3.63, 3.8) is 0 Å². The summed E-state index contributed by atoms with van der Waals surface area (Å²) in [5.74, 6) is -0.685. The number of hydrogen-bond acceptors (Lipinski definition) is 3. The average Bonchev–Trinajstić information content (AvgIpc) is 3.15. The van der Waals surface area contributed by atoms with E-state index in [2.05, 4.69) is 4.72 Å². The lowest BCUT2D eigenvalue weighted by molar-refractivity contribution is 0.0989. The van der Waals surface area contributed by atoms with Gasteiger partial charge in [0.15, 0.2) is 0 Å². The molecular weight excluding hydrogens is 403 g/mol. The average molecular weight is 424 g/mol. The molecule has 30 heavy (non-hydrogen) atoms. The predicted molar refractivity (Wildman–Crippen MR) is 113 cm³/mol. The second-order valence-corrected chi connectivity index (χ2v) is 9.09. The van der Waals surface area contributed by atoms with Gasteiger partial charge in [-0.15, -0.1) is 0 Å². The maximum Gasteiger partial charge on any atom is 0.258 e. The van der Waals surface area contributed by atoms with Crippen LogP contribution in [0.15, 0.2) is 71.6 Å². The van der Waals surface area contributed by atoms with E-state index in [0.29, 0.717) is 12.1 Å². The smallest absolute Gasteiger partial charge is 0.258 e. The molecule has 0 unspecified atom stereocenters. The highest BCUT2D eigenvalue weighted by Crippen LogP contribution is 2.30. The van der Waals surface area contributed by atoms with Crippen molar-refractivity contribution in [2.24, 2.45) is 0 Å². The van der Waals surface area contributed by atoms with Crippen LogP contribution in [0.1, 0.15) is 27.0 Å². The summed E-state index contributed by atoms with van der Waals surface area (Å²) in [6.45, 7) is 2.57. The van der Waals surface area contributed by atoms with E-state index in [4.69, 9.17) is 0 Å². The maximum absolute atomic E-state index is 13.4. The second kappa shape index (κ2) is 8.01. The second-order valence-electron chi connectivity index (χ2n) is 7.32. The Labute approximate surface area is 175 Å².